The van der Waals surface area contributed by atoms with Crippen molar-refractivity contribution in [2.75, 3.05) is 14.2 Å². The number of benzene rings is 2. The summed E-state index contributed by atoms with van der Waals surface area (Å²) in [5.41, 5.74) is 1.48. The summed E-state index contributed by atoms with van der Waals surface area (Å²) < 4.78 is 50.1. The SMILES string of the molecule is COP(=O)(OC)/C(=C\NS(=O)(=O)c1ccc(C)cc1)c1ccccc1. The zero-order valence-electron chi connectivity index (χ0n) is 14.2. The first-order valence-electron chi connectivity index (χ1n) is 7.39. The quantitative estimate of drug-likeness (QED) is 0.739. The molecule has 25 heavy (non-hydrogen) atoms. The zero-order valence-corrected chi connectivity index (χ0v) is 15.9. The summed E-state index contributed by atoms with van der Waals surface area (Å²) in [5, 5.41) is 0.119. The Morgan fingerprint density at radius 3 is 2.08 bits per heavy atom. The number of hydrogen-bond donors (Lipinski definition) is 1. The number of nitrogens with one attached hydrogen (secondary N) is 1. The third-order valence-electron chi connectivity index (χ3n) is 3.53. The highest BCUT2D eigenvalue weighted by molar-refractivity contribution is 7.89. The summed E-state index contributed by atoms with van der Waals surface area (Å²) in [5.74, 6) is 0. The lowest BCUT2D eigenvalue weighted by atomic mass is 10.2. The third-order valence-corrected chi connectivity index (χ3v) is 6.79. The Balaban J connectivity index is 2.44. The predicted molar refractivity (Wildman–Crippen MR) is 97.5 cm³/mol. The van der Waals surface area contributed by atoms with Crippen LogP contribution in [0.3, 0.4) is 0 Å². The molecule has 1 N–H and O–H groups in total. The van der Waals surface area contributed by atoms with E-state index in [2.05, 4.69) is 4.72 Å². The van der Waals surface area contributed by atoms with Gasteiger partial charge in [0.1, 0.15) is 0 Å². The van der Waals surface area contributed by atoms with Crippen LogP contribution in [0.5, 0.6) is 0 Å². The van der Waals surface area contributed by atoms with Gasteiger partial charge in [0.25, 0.3) is 10.0 Å². The van der Waals surface area contributed by atoms with Crippen molar-refractivity contribution >= 4 is 22.9 Å². The lowest BCUT2D eigenvalue weighted by molar-refractivity contribution is 0.288. The Hall–Kier alpha value is -1.92. The van der Waals surface area contributed by atoms with Crippen LogP contribution < -0.4 is 4.72 Å². The highest BCUT2D eigenvalue weighted by Crippen LogP contribution is 2.59. The van der Waals surface area contributed by atoms with E-state index in [1.807, 2.05) is 6.92 Å². The maximum Gasteiger partial charge on any atom is 0.362 e. The summed E-state index contributed by atoms with van der Waals surface area (Å²) in [6.45, 7) is 1.87. The molecule has 0 amide bonds. The fraction of sp³-hybridized carbons (Fsp3) is 0.176. The molecule has 2 rings (SSSR count). The van der Waals surface area contributed by atoms with Crippen molar-refractivity contribution in [1.82, 2.24) is 4.72 Å². The Morgan fingerprint density at radius 1 is 1.00 bits per heavy atom. The predicted octanol–water partition coefficient (Wildman–Crippen LogP) is 3.76. The van der Waals surface area contributed by atoms with Crippen molar-refractivity contribution in [3.8, 4) is 0 Å². The van der Waals surface area contributed by atoms with Gasteiger partial charge in [0.15, 0.2) is 0 Å². The van der Waals surface area contributed by atoms with E-state index >= 15 is 0 Å². The maximum atomic E-state index is 12.8. The van der Waals surface area contributed by atoms with Crippen LogP contribution in [-0.4, -0.2) is 22.6 Å². The molecule has 0 radical (unpaired) electrons. The molecule has 0 aliphatic rings. The minimum absolute atomic E-state index is 0.103. The van der Waals surface area contributed by atoms with E-state index in [1.54, 1.807) is 42.5 Å². The third kappa shape index (κ3) is 4.58. The average molecular weight is 381 g/mol. The second-order valence-corrected chi connectivity index (χ2v) is 9.11. The monoisotopic (exact) mass is 381 g/mol. The van der Waals surface area contributed by atoms with Gasteiger partial charge in [-0.15, -0.1) is 0 Å². The van der Waals surface area contributed by atoms with Crippen LogP contribution in [0.25, 0.3) is 5.31 Å². The Bertz CT molecular complexity index is 884. The van der Waals surface area contributed by atoms with Gasteiger partial charge < -0.3 is 9.05 Å². The van der Waals surface area contributed by atoms with E-state index < -0.39 is 17.6 Å². The summed E-state index contributed by atoms with van der Waals surface area (Å²) in [6, 6.07) is 15.1. The van der Waals surface area contributed by atoms with Crippen molar-refractivity contribution in [2.45, 2.75) is 11.8 Å². The highest BCUT2D eigenvalue weighted by atomic mass is 32.2. The lowest BCUT2D eigenvalue weighted by Crippen LogP contribution is -2.18. The van der Waals surface area contributed by atoms with Gasteiger partial charge in [0.2, 0.25) is 0 Å². The normalized spacial score (nSPS) is 12.8. The first-order chi connectivity index (χ1) is 11.8. The number of hydrogen-bond acceptors (Lipinski definition) is 5. The minimum atomic E-state index is -3.82. The van der Waals surface area contributed by atoms with Gasteiger partial charge in [-0.05, 0) is 24.6 Å². The van der Waals surface area contributed by atoms with Gasteiger partial charge in [-0.25, -0.2) is 8.42 Å². The first-order valence-corrected chi connectivity index (χ1v) is 10.4. The number of rotatable bonds is 7. The van der Waals surface area contributed by atoms with Gasteiger partial charge in [-0.3, -0.25) is 9.29 Å². The number of aryl methyl sites for hydroxylation is 1. The zero-order chi connectivity index (χ0) is 18.5. The van der Waals surface area contributed by atoms with Crippen LogP contribution in [0, 0.1) is 6.92 Å². The van der Waals surface area contributed by atoms with Crippen molar-refractivity contribution in [3.63, 3.8) is 0 Å². The molecule has 0 fully saturated rings. The first kappa shape index (κ1) is 19.4. The molecular formula is C17H20NO5PS. The molecule has 0 saturated carbocycles. The fourth-order valence-electron chi connectivity index (χ4n) is 2.12. The number of sulfonamides is 1. The van der Waals surface area contributed by atoms with Crippen molar-refractivity contribution in [2.24, 2.45) is 0 Å². The second kappa shape index (κ2) is 7.97. The lowest BCUT2D eigenvalue weighted by Gasteiger charge is -2.18. The van der Waals surface area contributed by atoms with Crippen LogP contribution in [0.15, 0.2) is 65.7 Å². The highest BCUT2D eigenvalue weighted by Gasteiger charge is 2.29. The van der Waals surface area contributed by atoms with Gasteiger partial charge in [-0.2, -0.15) is 0 Å². The van der Waals surface area contributed by atoms with Crippen molar-refractivity contribution < 1.29 is 22.0 Å². The molecule has 0 unspecified atom stereocenters. The maximum absolute atomic E-state index is 12.8. The molecule has 2 aromatic carbocycles. The van der Waals surface area contributed by atoms with Crippen LogP contribution in [0.2, 0.25) is 0 Å². The van der Waals surface area contributed by atoms with E-state index in [0.717, 1.165) is 11.8 Å². The van der Waals surface area contributed by atoms with Crippen LogP contribution in [0.4, 0.5) is 0 Å². The summed E-state index contributed by atoms with van der Waals surface area (Å²) in [7, 11) is -4.99. The molecular weight excluding hydrogens is 361 g/mol. The molecule has 0 spiro atoms. The molecule has 0 bridgehead atoms. The molecule has 6 nitrogen and oxygen atoms in total. The van der Waals surface area contributed by atoms with Gasteiger partial charge >= 0.3 is 7.60 Å². The van der Waals surface area contributed by atoms with E-state index in [0.29, 0.717) is 5.56 Å². The fourth-order valence-corrected chi connectivity index (χ4v) is 4.34. The summed E-state index contributed by atoms with van der Waals surface area (Å²) in [6.07, 6.45) is 1.15. The van der Waals surface area contributed by atoms with Crippen molar-refractivity contribution in [1.29, 1.82) is 0 Å². The summed E-state index contributed by atoms with van der Waals surface area (Å²) in [4.78, 5) is 0.103. The Kier molecular flexibility index (Phi) is 6.19. The molecule has 2 aromatic rings. The molecule has 0 aromatic heterocycles. The minimum Gasteiger partial charge on any atom is -0.309 e. The summed E-state index contributed by atoms with van der Waals surface area (Å²) >= 11 is 0. The van der Waals surface area contributed by atoms with Crippen LogP contribution in [-0.2, 0) is 23.6 Å². The van der Waals surface area contributed by atoms with Gasteiger partial charge in [-0.1, -0.05) is 48.0 Å². The molecule has 0 aliphatic carbocycles. The average Bonchev–Trinajstić information content (AvgIpc) is 2.62. The molecule has 134 valence electrons. The van der Waals surface area contributed by atoms with E-state index in [-0.39, 0.29) is 10.2 Å². The van der Waals surface area contributed by atoms with E-state index in [4.69, 9.17) is 9.05 Å². The van der Waals surface area contributed by atoms with E-state index in [1.165, 1.54) is 26.4 Å². The molecule has 0 heterocycles. The smallest absolute Gasteiger partial charge is 0.309 e. The molecule has 0 saturated heterocycles. The standard InChI is InChI=1S/C17H20NO5PS/c1-14-9-11-16(12-10-14)25(20,21)18-13-17(24(19,22-2)23-3)15-7-5-4-6-8-15/h4-13,18H,1-3H3/b17-13-. The van der Waals surface area contributed by atoms with E-state index in [9.17, 15) is 13.0 Å². The molecule has 0 aliphatic heterocycles. The topological polar surface area (TPSA) is 81.7 Å². The van der Waals surface area contributed by atoms with Crippen molar-refractivity contribution in [3.05, 3.63) is 71.9 Å². The van der Waals surface area contributed by atoms with Crippen LogP contribution in [0.1, 0.15) is 11.1 Å². The van der Waals surface area contributed by atoms with Crippen LogP contribution >= 0.6 is 7.60 Å². The Morgan fingerprint density at radius 2 is 1.56 bits per heavy atom. The molecule has 0 atom stereocenters. The van der Waals surface area contributed by atoms with Gasteiger partial charge in [0, 0.05) is 20.4 Å². The van der Waals surface area contributed by atoms with Gasteiger partial charge in [0.05, 0.1) is 10.2 Å². The Labute approximate surface area is 148 Å². The second-order valence-electron chi connectivity index (χ2n) is 5.19. The molecule has 8 heteroatoms. The largest absolute Gasteiger partial charge is 0.362 e.